The molecule has 0 saturated carbocycles. The Morgan fingerprint density at radius 2 is 1.96 bits per heavy atom. The molecule has 140 valence electrons. The van der Waals surface area contributed by atoms with Gasteiger partial charge in [0.25, 0.3) is 0 Å². The molecule has 1 aromatic heterocycles. The van der Waals surface area contributed by atoms with Crippen LogP contribution in [0.1, 0.15) is 11.1 Å². The first-order valence-electron chi connectivity index (χ1n) is 8.47. The van der Waals surface area contributed by atoms with Gasteiger partial charge in [-0.15, -0.1) is 11.3 Å². The summed E-state index contributed by atoms with van der Waals surface area (Å²) in [5.41, 5.74) is 10.7. The van der Waals surface area contributed by atoms with Crippen LogP contribution in [0.4, 0.5) is 14.9 Å². The van der Waals surface area contributed by atoms with Crippen molar-refractivity contribution in [1.29, 1.82) is 0 Å². The summed E-state index contributed by atoms with van der Waals surface area (Å²) in [4.78, 5) is 15.3. The molecule has 0 fully saturated rings. The molecule has 4 nitrogen and oxygen atoms in total. The monoisotopic (exact) mass is 411 g/mol. The van der Waals surface area contributed by atoms with Crippen molar-refractivity contribution in [2.45, 2.75) is 6.42 Å². The van der Waals surface area contributed by atoms with Gasteiger partial charge in [0.1, 0.15) is 5.82 Å². The molecule has 0 aliphatic carbocycles. The molecule has 28 heavy (non-hydrogen) atoms. The average molecular weight is 412 g/mol. The van der Waals surface area contributed by atoms with Gasteiger partial charge in [0.05, 0.1) is 15.7 Å². The van der Waals surface area contributed by atoms with Crippen molar-refractivity contribution in [2.24, 2.45) is 5.73 Å². The molecule has 0 saturated heterocycles. The lowest BCUT2D eigenvalue weighted by Crippen LogP contribution is -2.19. The molecule has 0 aliphatic rings. The number of rotatable bonds is 4. The Morgan fingerprint density at radius 3 is 2.68 bits per heavy atom. The first kappa shape index (κ1) is 18.4. The van der Waals surface area contributed by atoms with E-state index in [9.17, 15) is 4.79 Å². The third-order valence-electron chi connectivity index (χ3n) is 4.37. The lowest BCUT2D eigenvalue weighted by molar-refractivity contribution is 0.259. The number of anilines is 1. The van der Waals surface area contributed by atoms with Crippen molar-refractivity contribution in [3.8, 4) is 11.1 Å². The fourth-order valence-electron chi connectivity index (χ4n) is 3.14. The number of aromatic nitrogens is 1. The number of amides is 2. The number of hydrogen-bond acceptors (Lipinski definition) is 3. The van der Waals surface area contributed by atoms with Crippen LogP contribution in [0.3, 0.4) is 0 Å². The van der Waals surface area contributed by atoms with Crippen molar-refractivity contribution in [2.75, 3.05) is 5.32 Å². The zero-order valence-electron chi connectivity index (χ0n) is 14.6. The van der Waals surface area contributed by atoms with Crippen LogP contribution in [0.25, 0.3) is 21.3 Å². The second-order valence-corrected chi connectivity index (χ2v) is 7.62. The Labute approximate surface area is 169 Å². The highest BCUT2D eigenvalue weighted by Gasteiger charge is 2.18. The molecular formula is C21H15ClFN3OS. The van der Waals surface area contributed by atoms with Gasteiger partial charge in [-0.05, 0) is 47.0 Å². The zero-order chi connectivity index (χ0) is 19.7. The van der Waals surface area contributed by atoms with E-state index in [1.807, 2.05) is 24.3 Å². The van der Waals surface area contributed by atoms with Crippen LogP contribution in [-0.2, 0) is 6.42 Å². The Bertz CT molecular complexity index is 1170. The van der Waals surface area contributed by atoms with Crippen molar-refractivity contribution >= 4 is 44.9 Å². The van der Waals surface area contributed by atoms with Crippen LogP contribution >= 0.6 is 22.9 Å². The van der Waals surface area contributed by atoms with Gasteiger partial charge in [0.2, 0.25) is 0 Å². The molecule has 3 N–H and O–H groups in total. The predicted octanol–water partition coefficient (Wildman–Crippen LogP) is 5.84. The number of carbonyl (C=O) groups is 1. The van der Waals surface area contributed by atoms with E-state index in [0.717, 1.165) is 10.3 Å². The second kappa shape index (κ2) is 7.58. The van der Waals surface area contributed by atoms with E-state index in [4.69, 9.17) is 17.3 Å². The summed E-state index contributed by atoms with van der Waals surface area (Å²) in [6.07, 6.45) is 0.407. The lowest BCUT2D eigenvalue weighted by Gasteiger charge is -2.11. The van der Waals surface area contributed by atoms with Gasteiger partial charge in [-0.3, -0.25) is 0 Å². The fourth-order valence-corrected chi connectivity index (χ4v) is 4.07. The van der Waals surface area contributed by atoms with Crippen molar-refractivity contribution in [3.05, 3.63) is 82.1 Å². The molecule has 0 aliphatic heterocycles. The number of nitrogens with one attached hydrogen (secondary N) is 1. The molecule has 4 aromatic rings. The molecule has 0 radical (unpaired) electrons. The molecule has 4 rings (SSSR count). The molecule has 0 bridgehead atoms. The first-order valence-corrected chi connectivity index (χ1v) is 9.73. The highest BCUT2D eigenvalue weighted by Crippen LogP contribution is 2.36. The third-order valence-corrected chi connectivity index (χ3v) is 5.38. The molecule has 3 aromatic carbocycles. The summed E-state index contributed by atoms with van der Waals surface area (Å²) in [5.74, 6) is -0.306. The molecule has 0 unspecified atom stereocenters. The molecule has 0 spiro atoms. The number of nitrogens with zero attached hydrogens (tertiary/aromatic N) is 1. The van der Waals surface area contributed by atoms with E-state index < -0.39 is 6.03 Å². The van der Waals surface area contributed by atoms with E-state index >= 15 is 4.39 Å². The first-order chi connectivity index (χ1) is 13.5. The van der Waals surface area contributed by atoms with E-state index in [2.05, 4.69) is 10.3 Å². The zero-order valence-corrected chi connectivity index (χ0v) is 16.2. The minimum Gasteiger partial charge on any atom is -0.351 e. The topological polar surface area (TPSA) is 68.0 Å². The van der Waals surface area contributed by atoms with Crippen LogP contribution < -0.4 is 11.1 Å². The summed E-state index contributed by atoms with van der Waals surface area (Å²) in [7, 11) is 0. The Kier molecular flexibility index (Phi) is 4.98. The number of primary amides is 1. The maximum absolute atomic E-state index is 15.5. The molecular weight excluding hydrogens is 397 g/mol. The summed E-state index contributed by atoms with van der Waals surface area (Å²) in [5, 5.41) is 3.05. The molecule has 1 heterocycles. The average Bonchev–Trinajstić information content (AvgIpc) is 3.11. The van der Waals surface area contributed by atoms with Gasteiger partial charge >= 0.3 is 6.03 Å². The van der Waals surface area contributed by atoms with Gasteiger partial charge < -0.3 is 11.1 Å². The van der Waals surface area contributed by atoms with Gasteiger partial charge in [0, 0.05) is 22.7 Å². The van der Waals surface area contributed by atoms with Gasteiger partial charge in [-0.2, -0.15) is 0 Å². The number of urea groups is 1. The highest BCUT2D eigenvalue weighted by molar-refractivity contribution is 7.16. The van der Waals surface area contributed by atoms with Crippen molar-refractivity contribution in [3.63, 3.8) is 0 Å². The van der Waals surface area contributed by atoms with Crippen LogP contribution in [0.5, 0.6) is 0 Å². The normalized spacial score (nSPS) is 10.9. The van der Waals surface area contributed by atoms with E-state index in [1.165, 1.54) is 11.3 Å². The van der Waals surface area contributed by atoms with Crippen LogP contribution in [0.2, 0.25) is 5.02 Å². The van der Waals surface area contributed by atoms with Crippen LogP contribution in [0.15, 0.2) is 60.1 Å². The van der Waals surface area contributed by atoms with Crippen LogP contribution in [0, 0.1) is 5.82 Å². The van der Waals surface area contributed by atoms with E-state index in [0.29, 0.717) is 39.3 Å². The van der Waals surface area contributed by atoms with Gasteiger partial charge in [-0.25, -0.2) is 14.2 Å². The smallest absolute Gasteiger partial charge is 0.316 e. The van der Waals surface area contributed by atoms with Crippen molar-refractivity contribution < 1.29 is 9.18 Å². The SMILES string of the molecule is NC(=O)Nc1ccc(Cc2cc3scnc3c(-c3cccc(Cl)c3)c2F)cc1. The lowest BCUT2D eigenvalue weighted by atomic mass is 9.97. The maximum atomic E-state index is 15.5. The quantitative estimate of drug-likeness (QED) is 0.443. The standard InChI is InChI=1S/C21H15ClFN3OS/c22-15-3-1-2-13(9-15)18-19(23)14(10-17-20(18)25-11-28-17)8-12-4-6-16(7-5-12)26-21(24)27/h1-7,9-11H,8H2,(H3,24,26,27). The highest BCUT2D eigenvalue weighted by atomic mass is 35.5. The maximum Gasteiger partial charge on any atom is 0.316 e. The number of fused-ring (bicyclic) bond motifs is 1. The number of carbonyl (C=O) groups excluding carboxylic acids is 1. The Hall–Kier alpha value is -2.96. The summed E-state index contributed by atoms with van der Waals surface area (Å²) in [6, 6.07) is 15.5. The molecule has 7 heteroatoms. The number of hydrogen-bond donors (Lipinski definition) is 2. The van der Waals surface area contributed by atoms with Crippen LogP contribution in [-0.4, -0.2) is 11.0 Å². The summed E-state index contributed by atoms with van der Waals surface area (Å²) >= 11 is 7.58. The molecule has 0 atom stereocenters. The number of benzene rings is 3. The van der Waals surface area contributed by atoms with Gasteiger partial charge in [-0.1, -0.05) is 35.9 Å². The number of nitrogens with two attached hydrogens (primary N) is 1. The second-order valence-electron chi connectivity index (χ2n) is 6.30. The minimum atomic E-state index is -0.624. The number of halogens is 2. The third kappa shape index (κ3) is 3.69. The fraction of sp³-hybridized carbons (Fsp3) is 0.0476. The largest absolute Gasteiger partial charge is 0.351 e. The number of thiazole rings is 1. The van der Waals surface area contributed by atoms with E-state index in [1.54, 1.807) is 35.8 Å². The summed E-state index contributed by atoms with van der Waals surface area (Å²) < 4.78 is 16.4. The summed E-state index contributed by atoms with van der Waals surface area (Å²) in [6.45, 7) is 0. The van der Waals surface area contributed by atoms with E-state index in [-0.39, 0.29) is 5.82 Å². The van der Waals surface area contributed by atoms with Gasteiger partial charge in [0.15, 0.2) is 0 Å². The minimum absolute atomic E-state index is 0.306. The molecule has 2 amide bonds. The Balaban J connectivity index is 1.76. The van der Waals surface area contributed by atoms with Crippen molar-refractivity contribution in [1.82, 2.24) is 4.98 Å². The predicted molar refractivity (Wildman–Crippen MR) is 112 cm³/mol. The Morgan fingerprint density at radius 1 is 1.18 bits per heavy atom.